The van der Waals surface area contributed by atoms with Gasteiger partial charge in [0.05, 0.1) is 16.6 Å². The van der Waals surface area contributed by atoms with Gasteiger partial charge in [-0.3, -0.25) is 4.79 Å². The Morgan fingerprint density at radius 3 is 2.65 bits per heavy atom. The zero-order valence-corrected chi connectivity index (χ0v) is 16.9. The monoisotopic (exact) mass is 431 g/mol. The number of aromatic nitrogens is 2. The van der Waals surface area contributed by atoms with Gasteiger partial charge in [0.15, 0.2) is 0 Å². The van der Waals surface area contributed by atoms with Crippen LogP contribution >= 0.6 is 0 Å². The van der Waals surface area contributed by atoms with Crippen LogP contribution in [0.3, 0.4) is 0 Å². The Morgan fingerprint density at radius 1 is 1.06 bits per heavy atom. The molecule has 1 amide bonds. The molecule has 1 heterocycles. The topological polar surface area (TPSA) is 77.8 Å². The van der Waals surface area contributed by atoms with Crippen LogP contribution in [-0.4, -0.2) is 21.9 Å². The van der Waals surface area contributed by atoms with Crippen molar-refractivity contribution < 1.29 is 18.0 Å². The highest BCUT2D eigenvalue weighted by atomic mass is 19.4. The Hall–Kier alpha value is -3.03. The van der Waals surface area contributed by atoms with E-state index in [1.807, 2.05) is 18.2 Å². The standard InChI is InChI=1S/C23H24F3N3O2/c24-23(25,26)17-8-2-1-6-15(17)16-7-4-9-18(16)27-21(30)10-3-5-14-11-12-19-20(13-14)29-22(31)28-19/h1-2,6,8,11-13,16,18H,3-5,7,9-10H2,(H,27,30)(H2,28,29,31). The molecule has 1 aliphatic rings. The number of nitrogens with one attached hydrogen (secondary N) is 3. The van der Waals surface area contributed by atoms with Gasteiger partial charge in [0.25, 0.3) is 0 Å². The lowest BCUT2D eigenvalue weighted by Crippen LogP contribution is -2.37. The van der Waals surface area contributed by atoms with E-state index in [1.54, 1.807) is 6.07 Å². The molecule has 3 N–H and O–H groups in total. The first-order valence-electron chi connectivity index (χ1n) is 10.5. The van der Waals surface area contributed by atoms with Gasteiger partial charge in [-0.25, -0.2) is 4.79 Å². The molecular weight excluding hydrogens is 407 g/mol. The fraction of sp³-hybridized carbons (Fsp3) is 0.391. The first kappa shape index (κ1) is 21.2. The molecule has 2 unspecified atom stereocenters. The van der Waals surface area contributed by atoms with Crippen LogP contribution in [-0.2, 0) is 17.4 Å². The number of carbonyl (C=O) groups is 1. The molecule has 8 heteroatoms. The molecule has 0 bridgehead atoms. The van der Waals surface area contributed by atoms with E-state index < -0.39 is 11.7 Å². The average molecular weight is 431 g/mol. The summed E-state index contributed by atoms with van der Waals surface area (Å²) in [6.45, 7) is 0. The molecule has 0 spiro atoms. The van der Waals surface area contributed by atoms with Crippen LogP contribution in [0.25, 0.3) is 11.0 Å². The van der Waals surface area contributed by atoms with Gasteiger partial charge in [0, 0.05) is 18.4 Å². The third kappa shape index (κ3) is 4.84. The van der Waals surface area contributed by atoms with E-state index in [9.17, 15) is 22.8 Å². The van der Waals surface area contributed by atoms with Gasteiger partial charge in [-0.05, 0) is 55.0 Å². The lowest BCUT2D eigenvalue weighted by Gasteiger charge is -2.24. The van der Waals surface area contributed by atoms with Crippen LogP contribution in [0.5, 0.6) is 0 Å². The second-order valence-electron chi connectivity index (χ2n) is 8.11. The molecule has 2 aromatic carbocycles. The van der Waals surface area contributed by atoms with E-state index in [2.05, 4.69) is 15.3 Å². The molecule has 1 aromatic heterocycles. The Bertz CT molecular complexity index is 1130. The maximum absolute atomic E-state index is 13.4. The van der Waals surface area contributed by atoms with Crippen LogP contribution < -0.4 is 11.0 Å². The Labute approximate surface area is 177 Å². The van der Waals surface area contributed by atoms with Crippen molar-refractivity contribution >= 4 is 16.9 Å². The van der Waals surface area contributed by atoms with Crippen LogP contribution in [0.1, 0.15) is 54.7 Å². The molecule has 1 aliphatic carbocycles. The second-order valence-corrected chi connectivity index (χ2v) is 8.11. The van der Waals surface area contributed by atoms with Crippen molar-refractivity contribution in [3.05, 3.63) is 69.6 Å². The highest BCUT2D eigenvalue weighted by molar-refractivity contribution is 5.77. The minimum absolute atomic E-state index is 0.141. The third-order valence-corrected chi connectivity index (χ3v) is 5.98. The van der Waals surface area contributed by atoms with Crippen molar-refractivity contribution in [2.75, 3.05) is 0 Å². The van der Waals surface area contributed by atoms with Gasteiger partial charge >= 0.3 is 11.9 Å². The maximum Gasteiger partial charge on any atom is 0.416 e. The number of amides is 1. The number of halogens is 3. The summed E-state index contributed by atoms with van der Waals surface area (Å²) in [4.78, 5) is 29.2. The van der Waals surface area contributed by atoms with Crippen molar-refractivity contribution in [2.45, 2.75) is 56.7 Å². The molecule has 31 heavy (non-hydrogen) atoms. The second kappa shape index (κ2) is 8.61. The van der Waals surface area contributed by atoms with E-state index in [0.29, 0.717) is 32.1 Å². The third-order valence-electron chi connectivity index (χ3n) is 5.98. The zero-order valence-electron chi connectivity index (χ0n) is 16.9. The molecule has 3 aromatic rings. The lowest BCUT2D eigenvalue weighted by molar-refractivity contribution is -0.138. The molecular formula is C23H24F3N3O2. The summed E-state index contributed by atoms with van der Waals surface area (Å²) in [6.07, 6.45) is -0.724. The number of aryl methyl sites for hydroxylation is 1. The number of alkyl halides is 3. The predicted octanol–water partition coefficient (Wildman–Crippen LogP) is 4.65. The highest BCUT2D eigenvalue weighted by Gasteiger charge is 2.38. The SMILES string of the molecule is O=C(CCCc1ccc2[nH]c(=O)[nH]c2c1)NC1CCCC1c1ccccc1C(F)(F)F. The van der Waals surface area contributed by atoms with Gasteiger partial charge in [-0.1, -0.05) is 30.7 Å². The highest BCUT2D eigenvalue weighted by Crippen LogP contribution is 2.41. The number of fused-ring (bicyclic) bond motifs is 1. The largest absolute Gasteiger partial charge is 0.416 e. The molecule has 2 atom stereocenters. The summed E-state index contributed by atoms with van der Waals surface area (Å²) in [5.74, 6) is -0.466. The number of benzene rings is 2. The number of imidazole rings is 1. The Morgan fingerprint density at radius 2 is 1.84 bits per heavy atom. The number of H-pyrrole nitrogens is 2. The predicted molar refractivity (Wildman–Crippen MR) is 112 cm³/mol. The summed E-state index contributed by atoms with van der Waals surface area (Å²) in [5.41, 5.74) is 1.87. The Kier molecular flexibility index (Phi) is 5.89. The van der Waals surface area contributed by atoms with Crippen molar-refractivity contribution in [1.82, 2.24) is 15.3 Å². The van der Waals surface area contributed by atoms with Crippen molar-refractivity contribution in [3.63, 3.8) is 0 Å². The smallest absolute Gasteiger partial charge is 0.353 e. The van der Waals surface area contributed by atoms with E-state index in [1.165, 1.54) is 12.1 Å². The summed E-state index contributed by atoms with van der Waals surface area (Å²) in [7, 11) is 0. The maximum atomic E-state index is 13.4. The van der Waals surface area contributed by atoms with Crippen LogP contribution in [0.15, 0.2) is 47.3 Å². The van der Waals surface area contributed by atoms with Gasteiger partial charge in [0.1, 0.15) is 0 Å². The zero-order chi connectivity index (χ0) is 22.0. The summed E-state index contributed by atoms with van der Waals surface area (Å²) < 4.78 is 40.2. The number of hydrogen-bond acceptors (Lipinski definition) is 2. The van der Waals surface area contributed by atoms with Crippen molar-refractivity contribution in [2.24, 2.45) is 0 Å². The molecule has 0 saturated heterocycles. The first-order valence-corrected chi connectivity index (χ1v) is 10.5. The summed E-state index contributed by atoms with van der Waals surface area (Å²) >= 11 is 0. The quantitative estimate of drug-likeness (QED) is 0.531. The summed E-state index contributed by atoms with van der Waals surface area (Å²) in [6, 6.07) is 11.0. The summed E-state index contributed by atoms with van der Waals surface area (Å²) in [5, 5.41) is 2.97. The van der Waals surface area contributed by atoms with E-state index >= 15 is 0 Å². The van der Waals surface area contributed by atoms with E-state index in [4.69, 9.17) is 0 Å². The van der Waals surface area contributed by atoms with Gasteiger partial charge in [-0.15, -0.1) is 0 Å². The average Bonchev–Trinajstić information content (AvgIpc) is 3.32. The van der Waals surface area contributed by atoms with Gasteiger partial charge in [0.2, 0.25) is 5.91 Å². The number of rotatable bonds is 6. The first-order chi connectivity index (χ1) is 14.8. The molecule has 1 fully saturated rings. The van der Waals surface area contributed by atoms with Gasteiger partial charge < -0.3 is 15.3 Å². The van der Waals surface area contributed by atoms with Crippen LogP contribution in [0, 0.1) is 0 Å². The molecule has 0 aliphatic heterocycles. The number of carbonyl (C=O) groups excluding carboxylic acids is 1. The van der Waals surface area contributed by atoms with E-state index in [-0.39, 0.29) is 29.1 Å². The van der Waals surface area contributed by atoms with E-state index in [0.717, 1.165) is 29.1 Å². The molecule has 0 radical (unpaired) electrons. The number of aromatic amines is 2. The van der Waals surface area contributed by atoms with Crippen LogP contribution in [0.4, 0.5) is 13.2 Å². The number of hydrogen-bond donors (Lipinski definition) is 3. The van der Waals surface area contributed by atoms with Crippen molar-refractivity contribution in [1.29, 1.82) is 0 Å². The van der Waals surface area contributed by atoms with Gasteiger partial charge in [-0.2, -0.15) is 13.2 Å². The lowest BCUT2D eigenvalue weighted by atomic mass is 9.89. The molecule has 1 saturated carbocycles. The van der Waals surface area contributed by atoms with Crippen molar-refractivity contribution in [3.8, 4) is 0 Å². The van der Waals surface area contributed by atoms with Crippen LogP contribution in [0.2, 0.25) is 0 Å². The molecule has 4 rings (SSSR count). The molecule has 5 nitrogen and oxygen atoms in total. The Balaban J connectivity index is 1.35. The molecule has 164 valence electrons. The normalized spacial score (nSPS) is 19.1. The minimum atomic E-state index is -4.40. The fourth-order valence-electron chi connectivity index (χ4n) is 4.55. The fourth-order valence-corrected chi connectivity index (χ4v) is 4.55. The minimum Gasteiger partial charge on any atom is -0.353 e.